The van der Waals surface area contributed by atoms with Gasteiger partial charge in [-0.3, -0.25) is 0 Å². The lowest BCUT2D eigenvalue weighted by Crippen LogP contribution is -1.99. The van der Waals surface area contributed by atoms with Crippen LogP contribution in [0.3, 0.4) is 0 Å². The average molecular weight is 233 g/mol. The summed E-state index contributed by atoms with van der Waals surface area (Å²) in [4.78, 5) is 0. The van der Waals surface area contributed by atoms with Crippen molar-refractivity contribution < 1.29 is 14.6 Å². The van der Waals surface area contributed by atoms with Crippen molar-refractivity contribution in [2.75, 3.05) is 5.32 Å². The molecule has 2 aromatic carbocycles. The molecule has 0 aliphatic rings. The highest BCUT2D eigenvalue weighted by Crippen LogP contribution is 2.23. The molecule has 0 saturated carbocycles. The Bertz CT molecular complexity index is 529. The zero-order chi connectivity index (χ0) is 12.3. The van der Waals surface area contributed by atoms with Crippen LogP contribution in [0.2, 0.25) is 0 Å². The first kappa shape index (κ1) is 11.3. The monoisotopic (exact) mass is 233 g/mol. The summed E-state index contributed by atoms with van der Waals surface area (Å²) in [5, 5.41) is 21.7. The van der Waals surface area contributed by atoms with Crippen molar-refractivity contribution in [2.45, 2.75) is 6.54 Å². The number of rotatable bonds is 3. The van der Waals surface area contributed by atoms with E-state index in [9.17, 15) is 9.50 Å². The Morgan fingerprint density at radius 2 is 1.88 bits per heavy atom. The summed E-state index contributed by atoms with van der Waals surface area (Å²) in [5.41, 5.74) is 1.27. The minimum atomic E-state index is -0.315. The first-order chi connectivity index (χ1) is 8.15. The molecular formula is C13H12FNO2. The van der Waals surface area contributed by atoms with Gasteiger partial charge in [0.2, 0.25) is 0 Å². The van der Waals surface area contributed by atoms with Crippen LogP contribution in [0.4, 0.5) is 10.1 Å². The lowest BCUT2D eigenvalue weighted by molar-refractivity contribution is 0.446. The molecule has 0 heterocycles. The van der Waals surface area contributed by atoms with Crippen LogP contribution in [0.1, 0.15) is 5.56 Å². The van der Waals surface area contributed by atoms with Crippen molar-refractivity contribution in [3.63, 3.8) is 0 Å². The highest BCUT2D eigenvalue weighted by atomic mass is 19.1. The predicted octanol–water partition coefficient (Wildman–Crippen LogP) is 2.85. The van der Waals surface area contributed by atoms with Gasteiger partial charge in [0.05, 0.1) is 0 Å². The van der Waals surface area contributed by atoms with Gasteiger partial charge in [0, 0.05) is 23.9 Å². The van der Waals surface area contributed by atoms with Crippen LogP contribution in [0.5, 0.6) is 11.5 Å². The molecule has 0 saturated heterocycles. The van der Waals surface area contributed by atoms with Gasteiger partial charge in [-0.25, -0.2) is 4.39 Å². The number of benzene rings is 2. The first-order valence-corrected chi connectivity index (χ1v) is 5.15. The molecule has 0 aliphatic heterocycles. The third-order valence-corrected chi connectivity index (χ3v) is 2.38. The van der Waals surface area contributed by atoms with Crippen molar-refractivity contribution >= 4 is 5.69 Å². The molecule has 88 valence electrons. The summed E-state index contributed by atoms with van der Waals surface area (Å²) in [6, 6.07) is 10.4. The van der Waals surface area contributed by atoms with Crippen LogP contribution >= 0.6 is 0 Å². The maximum absolute atomic E-state index is 12.9. The number of hydrogen-bond acceptors (Lipinski definition) is 3. The van der Waals surface area contributed by atoms with Crippen LogP contribution < -0.4 is 5.32 Å². The number of hydrogen-bond donors (Lipinski definition) is 3. The van der Waals surface area contributed by atoms with Gasteiger partial charge in [-0.2, -0.15) is 0 Å². The van der Waals surface area contributed by atoms with Gasteiger partial charge in [0.1, 0.15) is 17.3 Å². The summed E-state index contributed by atoms with van der Waals surface area (Å²) in [7, 11) is 0. The maximum atomic E-state index is 12.9. The van der Waals surface area contributed by atoms with E-state index in [0.717, 1.165) is 0 Å². The van der Waals surface area contributed by atoms with E-state index in [-0.39, 0.29) is 17.3 Å². The van der Waals surface area contributed by atoms with Crippen molar-refractivity contribution in [3.8, 4) is 11.5 Å². The van der Waals surface area contributed by atoms with Crippen molar-refractivity contribution in [2.24, 2.45) is 0 Å². The van der Waals surface area contributed by atoms with E-state index in [2.05, 4.69) is 5.32 Å². The molecule has 2 aromatic rings. The number of nitrogens with one attached hydrogen (secondary N) is 1. The molecule has 0 aliphatic carbocycles. The standard InChI is InChI=1S/C13H12FNO2/c14-10-2-1-3-11(6-10)15-8-9-4-5-12(16)7-13(9)17/h1-7,15-17H,8H2. The summed E-state index contributed by atoms with van der Waals surface area (Å²) in [6.45, 7) is 0.357. The second-order valence-electron chi connectivity index (χ2n) is 3.68. The Morgan fingerprint density at radius 3 is 2.59 bits per heavy atom. The van der Waals surface area contributed by atoms with E-state index >= 15 is 0 Å². The number of phenols is 2. The van der Waals surface area contributed by atoms with Crippen molar-refractivity contribution in [3.05, 3.63) is 53.8 Å². The predicted molar refractivity (Wildman–Crippen MR) is 63.5 cm³/mol. The van der Waals surface area contributed by atoms with E-state index in [1.807, 2.05) is 0 Å². The SMILES string of the molecule is Oc1ccc(CNc2cccc(F)c2)c(O)c1. The minimum absolute atomic E-state index is 0.00824. The molecule has 3 N–H and O–H groups in total. The molecule has 0 atom stereocenters. The van der Waals surface area contributed by atoms with Crippen LogP contribution in [-0.2, 0) is 6.54 Å². The fraction of sp³-hybridized carbons (Fsp3) is 0.0769. The van der Waals surface area contributed by atoms with Gasteiger partial charge < -0.3 is 15.5 Å². The molecule has 0 aromatic heterocycles. The fourth-order valence-electron chi connectivity index (χ4n) is 1.50. The van der Waals surface area contributed by atoms with Gasteiger partial charge in [0.25, 0.3) is 0 Å². The van der Waals surface area contributed by atoms with Crippen LogP contribution in [0.25, 0.3) is 0 Å². The average Bonchev–Trinajstić information content (AvgIpc) is 2.28. The fourth-order valence-corrected chi connectivity index (χ4v) is 1.50. The molecule has 0 spiro atoms. The van der Waals surface area contributed by atoms with E-state index in [1.165, 1.54) is 24.3 Å². The quantitative estimate of drug-likeness (QED) is 0.764. The van der Waals surface area contributed by atoms with Gasteiger partial charge in [-0.1, -0.05) is 6.07 Å². The normalized spacial score (nSPS) is 10.2. The Labute approximate surface area is 98.2 Å². The molecule has 0 radical (unpaired) electrons. The van der Waals surface area contributed by atoms with Crippen molar-refractivity contribution in [1.82, 2.24) is 0 Å². The topological polar surface area (TPSA) is 52.5 Å². The van der Waals surface area contributed by atoms with E-state index in [1.54, 1.807) is 18.2 Å². The van der Waals surface area contributed by atoms with Gasteiger partial charge in [-0.05, 0) is 30.3 Å². The molecule has 17 heavy (non-hydrogen) atoms. The highest BCUT2D eigenvalue weighted by molar-refractivity contribution is 5.46. The summed E-state index contributed by atoms with van der Waals surface area (Å²) < 4.78 is 12.9. The number of aromatic hydroxyl groups is 2. The maximum Gasteiger partial charge on any atom is 0.125 e. The zero-order valence-corrected chi connectivity index (χ0v) is 9.02. The summed E-state index contributed by atoms with van der Waals surface area (Å²) in [6.07, 6.45) is 0. The zero-order valence-electron chi connectivity index (χ0n) is 9.02. The Morgan fingerprint density at radius 1 is 1.06 bits per heavy atom. The van der Waals surface area contributed by atoms with E-state index < -0.39 is 0 Å². The van der Waals surface area contributed by atoms with Gasteiger partial charge in [-0.15, -0.1) is 0 Å². The molecule has 0 amide bonds. The Balaban J connectivity index is 2.07. The molecule has 3 nitrogen and oxygen atoms in total. The van der Waals surface area contributed by atoms with E-state index in [0.29, 0.717) is 17.8 Å². The summed E-state index contributed by atoms with van der Waals surface area (Å²) in [5.74, 6) is -0.296. The van der Waals surface area contributed by atoms with Crippen molar-refractivity contribution in [1.29, 1.82) is 0 Å². The Kier molecular flexibility index (Phi) is 3.14. The highest BCUT2D eigenvalue weighted by Gasteiger charge is 2.02. The third-order valence-electron chi connectivity index (χ3n) is 2.38. The van der Waals surface area contributed by atoms with E-state index in [4.69, 9.17) is 5.11 Å². The molecular weight excluding hydrogens is 221 g/mol. The largest absolute Gasteiger partial charge is 0.508 e. The van der Waals surface area contributed by atoms with Crippen LogP contribution in [-0.4, -0.2) is 10.2 Å². The second kappa shape index (κ2) is 4.74. The lowest BCUT2D eigenvalue weighted by atomic mass is 10.2. The van der Waals surface area contributed by atoms with Crippen LogP contribution in [0.15, 0.2) is 42.5 Å². The van der Waals surface area contributed by atoms with Crippen LogP contribution in [0, 0.1) is 5.82 Å². The first-order valence-electron chi connectivity index (χ1n) is 5.15. The number of phenolic OH excluding ortho intramolecular Hbond substituents is 2. The minimum Gasteiger partial charge on any atom is -0.508 e. The molecule has 0 unspecified atom stereocenters. The smallest absolute Gasteiger partial charge is 0.125 e. The molecule has 4 heteroatoms. The number of halogens is 1. The summed E-state index contributed by atoms with van der Waals surface area (Å²) >= 11 is 0. The Hall–Kier alpha value is -2.23. The van der Waals surface area contributed by atoms with Gasteiger partial charge >= 0.3 is 0 Å². The second-order valence-corrected chi connectivity index (χ2v) is 3.68. The number of anilines is 1. The molecule has 0 fully saturated rings. The van der Waals surface area contributed by atoms with Gasteiger partial charge in [0.15, 0.2) is 0 Å². The lowest BCUT2D eigenvalue weighted by Gasteiger charge is -2.08. The third kappa shape index (κ3) is 2.87. The molecule has 0 bridgehead atoms. The molecule has 2 rings (SSSR count).